The van der Waals surface area contributed by atoms with Crippen molar-refractivity contribution in [1.29, 1.82) is 0 Å². The Morgan fingerprint density at radius 3 is 2.00 bits per heavy atom. The lowest BCUT2D eigenvalue weighted by Gasteiger charge is -2.18. The Labute approximate surface area is 164 Å². The predicted octanol–water partition coefficient (Wildman–Crippen LogP) is 3.04. The maximum atomic E-state index is 12.5. The topological polar surface area (TPSA) is 71.1 Å². The second-order valence-electron chi connectivity index (χ2n) is 6.49. The van der Waals surface area contributed by atoms with Crippen molar-refractivity contribution in [1.82, 2.24) is 15.6 Å². The molecule has 0 saturated heterocycles. The van der Waals surface area contributed by atoms with Crippen LogP contribution in [0.15, 0.2) is 85.2 Å². The number of hydrogen-bond acceptors (Lipinski definition) is 3. The van der Waals surface area contributed by atoms with E-state index in [-0.39, 0.29) is 30.7 Å². The zero-order chi connectivity index (χ0) is 19.6. The summed E-state index contributed by atoms with van der Waals surface area (Å²) in [5.74, 6) is -0.441. The zero-order valence-electron chi connectivity index (χ0n) is 15.5. The second-order valence-corrected chi connectivity index (χ2v) is 6.49. The van der Waals surface area contributed by atoms with Crippen molar-refractivity contribution in [2.75, 3.05) is 6.54 Å². The average molecular weight is 373 g/mol. The molecular weight excluding hydrogens is 350 g/mol. The lowest BCUT2D eigenvalue weighted by atomic mass is 9.88. The lowest BCUT2D eigenvalue weighted by molar-refractivity contribution is -0.126. The highest BCUT2D eigenvalue weighted by Gasteiger charge is 2.18. The van der Waals surface area contributed by atoms with Gasteiger partial charge in [-0.1, -0.05) is 66.7 Å². The molecule has 0 radical (unpaired) electrons. The normalized spacial score (nSPS) is 10.5. The Morgan fingerprint density at radius 1 is 0.786 bits per heavy atom. The Morgan fingerprint density at radius 2 is 1.43 bits per heavy atom. The summed E-state index contributed by atoms with van der Waals surface area (Å²) in [6.07, 6.45) is 3.66. The summed E-state index contributed by atoms with van der Waals surface area (Å²) in [6, 6.07) is 23.6. The van der Waals surface area contributed by atoms with Crippen molar-refractivity contribution in [3.05, 3.63) is 102 Å². The van der Waals surface area contributed by atoms with Gasteiger partial charge in [-0.2, -0.15) is 0 Å². The molecule has 0 bridgehead atoms. The fourth-order valence-electron chi connectivity index (χ4n) is 3.00. The summed E-state index contributed by atoms with van der Waals surface area (Å²) in [7, 11) is 0. The van der Waals surface area contributed by atoms with Gasteiger partial charge in [0.1, 0.15) is 0 Å². The number of rotatable bonds is 8. The summed E-state index contributed by atoms with van der Waals surface area (Å²) in [6.45, 7) is 0.342. The first-order chi connectivity index (χ1) is 13.7. The van der Waals surface area contributed by atoms with Crippen LogP contribution in [0, 0.1) is 0 Å². The van der Waals surface area contributed by atoms with Gasteiger partial charge in [-0.3, -0.25) is 14.6 Å². The number of benzene rings is 2. The van der Waals surface area contributed by atoms with Gasteiger partial charge < -0.3 is 10.6 Å². The van der Waals surface area contributed by atoms with Crippen molar-refractivity contribution in [3.8, 4) is 0 Å². The molecule has 2 amide bonds. The minimum Gasteiger partial charge on any atom is -0.350 e. The van der Waals surface area contributed by atoms with Crippen LogP contribution in [-0.2, 0) is 16.1 Å². The van der Waals surface area contributed by atoms with Crippen molar-refractivity contribution < 1.29 is 9.59 Å². The van der Waals surface area contributed by atoms with E-state index in [1.54, 1.807) is 12.4 Å². The molecule has 1 aromatic heterocycles. The van der Waals surface area contributed by atoms with E-state index < -0.39 is 0 Å². The third kappa shape index (κ3) is 5.77. The predicted molar refractivity (Wildman–Crippen MR) is 108 cm³/mol. The molecule has 142 valence electrons. The molecule has 3 aromatic rings. The molecule has 28 heavy (non-hydrogen) atoms. The van der Waals surface area contributed by atoms with Gasteiger partial charge >= 0.3 is 0 Å². The van der Waals surface area contributed by atoms with Crippen LogP contribution < -0.4 is 10.6 Å². The molecule has 0 spiro atoms. The van der Waals surface area contributed by atoms with Crippen LogP contribution in [0.2, 0.25) is 0 Å². The third-order valence-corrected chi connectivity index (χ3v) is 4.45. The fourth-order valence-corrected chi connectivity index (χ4v) is 3.00. The molecule has 2 aromatic carbocycles. The molecule has 0 saturated carbocycles. The standard InChI is InChI=1S/C23H23N3O2/c27-22(26-17-23(28)25-16-18-8-7-13-24-15-18)14-21(19-9-3-1-4-10-19)20-11-5-2-6-12-20/h1-13,15,21H,14,16-17H2,(H,25,28)(H,26,27). The van der Waals surface area contributed by atoms with Crippen LogP contribution in [0.3, 0.4) is 0 Å². The van der Waals surface area contributed by atoms with E-state index in [1.165, 1.54) is 0 Å². The van der Waals surface area contributed by atoms with E-state index >= 15 is 0 Å². The molecule has 0 aliphatic carbocycles. The summed E-state index contributed by atoms with van der Waals surface area (Å²) in [5.41, 5.74) is 3.06. The molecule has 5 heteroatoms. The van der Waals surface area contributed by atoms with Crippen LogP contribution in [0.1, 0.15) is 29.0 Å². The first-order valence-electron chi connectivity index (χ1n) is 9.24. The Balaban J connectivity index is 1.54. The lowest BCUT2D eigenvalue weighted by Crippen LogP contribution is -2.37. The molecular formula is C23H23N3O2. The Bertz CT molecular complexity index is 844. The Kier molecular flexibility index (Phi) is 6.90. The zero-order valence-corrected chi connectivity index (χ0v) is 15.5. The molecule has 0 aliphatic rings. The molecule has 3 rings (SSSR count). The van der Waals surface area contributed by atoms with Crippen LogP contribution in [0.25, 0.3) is 0 Å². The van der Waals surface area contributed by atoms with Gasteiger partial charge in [-0.25, -0.2) is 0 Å². The largest absolute Gasteiger partial charge is 0.350 e. The van der Waals surface area contributed by atoms with Crippen LogP contribution in [-0.4, -0.2) is 23.3 Å². The number of nitrogens with one attached hydrogen (secondary N) is 2. The highest BCUT2D eigenvalue weighted by atomic mass is 16.2. The van der Waals surface area contributed by atoms with Crippen molar-refractivity contribution in [3.63, 3.8) is 0 Å². The Hall–Kier alpha value is -3.47. The van der Waals surface area contributed by atoms with Crippen LogP contribution >= 0.6 is 0 Å². The van der Waals surface area contributed by atoms with E-state index in [9.17, 15) is 9.59 Å². The van der Waals surface area contributed by atoms with Gasteiger partial charge in [0.05, 0.1) is 6.54 Å². The van der Waals surface area contributed by atoms with Crippen molar-refractivity contribution in [2.45, 2.75) is 18.9 Å². The molecule has 1 heterocycles. The highest BCUT2D eigenvalue weighted by molar-refractivity contribution is 5.85. The average Bonchev–Trinajstić information content (AvgIpc) is 2.76. The number of hydrogen-bond donors (Lipinski definition) is 2. The number of pyridine rings is 1. The molecule has 0 fully saturated rings. The fraction of sp³-hybridized carbons (Fsp3) is 0.174. The van der Waals surface area contributed by atoms with Gasteiger partial charge in [0.15, 0.2) is 0 Å². The first-order valence-corrected chi connectivity index (χ1v) is 9.24. The molecule has 0 unspecified atom stereocenters. The minimum atomic E-state index is -0.229. The van der Waals surface area contributed by atoms with Crippen molar-refractivity contribution >= 4 is 11.8 Å². The van der Waals surface area contributed by atoms with Gasteiger partial charge in [0.25, 0.3) is 0 Å². The van der Waals surface area contributed by atoms with E-state index in [4.69, 9.17) is 0 Å². The molecule has 5 nitrogen and oxygen atoms in total. The second kappa shape index (κ2) is 10.0. The summed E-state index contributed by atoms with van der Waals surface area (Å²) in [5, 5.41) is 5.50. The number of amides is 2. The maximum absolute atomic E-state index is 12.5. The van der Waals surface area contributed by atoms with Crippen molar-refractivity contribution in [2.24, 2.45) is 0 Å². The van der Waals surface area contributed by atoms with Gasteiger partial charge in [-0.15, -0.1) is 0 Å². The smallest absolute Gasteiger partial charge is 0.239 e. The number of carbonyl (C=O) groups excluding carboxylic acids is 2. The van der Waals surface area contributed by atoms with E-state index in [2.05, 4.69) is 15.6 Å². The van der Waals surface area contributed by atoms with Gasteiger partial charge in [0.2, 0.25) is 11.8 Å². The van der Waals surface area contributed by atoms with E-state index in [0.29, 0.717) is 6.54 Å². The number of aromatic nitrogens is 1. The van der Waals surface area contributed by atoms with Gasteiger partial charge in [0, 0.05) is 31.3 Å². The molecule has 2 N–H and O–H groups in total. The maximum Gasteiger partial charge on any atom is 0.239 e. The molecule has 0 atom stereocenters. The van der Waals surface area contributed by atoms with E-state index in [0.717, 1.165) is 16.7 Å². The SMILES string of the molecule is O=C(CNC(=O)CC(c1ccccc1)c1ccccc1)NCc1cccnc1. The van der Waals surface area contributed by atoms with E-state index in [1.807, 2.05) is 72.8 Å². The van der Waals surface area contributed by atoms with Gasteiger partial charge in [-0.05, 0) is 22.8 Å². The van der Waals surface area contributed by atoms with Crippen LogP contribution in [0.5, 0.6) is 0 Å². The monoisotopic (exact) mass is 373 g/mol. The quantitative estimate of drug-likeness (QED) is 0.638. The summed E-state index contributed by atoms with van der Waals surface area (Å²) >= 11 is 0. The third-order valence-electron chi connectivity index (χ3n) is 4.45. The summed E-state index contributed by atoms with van der Waals surface area (Å²) in [4.78, 5) is 28.5. The molecule has 0 aliphatic heterocycles. The number of nitrogens with zero attached hydrogens (tertiary/aromatic N) is 1. The minimum absolute atomic E-state index is 0.0462. The first kappa shape index (κ1) is 19.3. The summed E-state index contributed by atoms with van der Waals surface area (Å²) < 4.78 is 0. The highest BCUT2D eigenvalue weighted by Crippen LogP contribution is 2.27. The van der Waals surface area contributed by atoms with Crippen LogP contribution in [0.4, 0.5) is 0 Å². The number of carbonyl (C=O) groups is 2.